The molecule has 1 aliphatic rings. The van der Waals surface area contributed by atoms with Crippen molar-refractivity contribution in [3.63, 3.8) is 0 Å². The van der Waals surface area contributed by atoms with E-state index in [1.807, 2.05) is 25.1 Å². The fraction of sp³-hybridized carbons (Fsp3) is 0.250. The number of para-hydroxylation sites is 1. The van der Waals surface area contributed by atoms with Crippen LogP contribution in [0.4, 0.5) is 11.5 Å². The van der Waals surface area contributed by atoms with Crippen LogP contribution < -0.4 is 16.2 Å². The number of aromatic nitrogens is 2. The van der Waals surface area contributed by atoms with Gasteiger partial charge in [-0.1, -0.05) is 30.0 Å². The average Bonchev–Trinajstić information content (AvgIpc) is 2.55. The highest BCUT2D eigenvalue weighted by Crippen LogP contribution is 2.30. The molecule has 0 fully saturated rings. The number of hydrogen-bond donors (Lipinski definition) is 3. The highest BCUT2D eigenvalue weighted by molar-refractivity contribution is 7.98. The zero-order valence-electron chi connectivity index (χ0n) is 13.2. The summed E-state index contributed by atoms with van der Waals surface area (Å²) in [5.41, 5.74) is 1.34. The maximum absolute atomic E-state index is 12.7. The molecule has 2 aromatic rings. The standard InChI is InChI=1S/C16H16N4O3S/c1-8-5-3-4-6-10(8)17-14(22)9-7-11(21)18-13-12(9)15(23)20-16(19-13)24-2/h3-6,9H,7H2,1-2H3,(H,17,22)(H2,18,19,20,21,23)/t9-/m0/s1. The number of fused-ring (bicyclic) bond motifs is 1. The van der Waals surface area contributed by atoms with Crippen molar-refractivity contribution in [2.75, 3.05) is 16.9 Å². The molecule has 0 radical (unpaired) electrons. The van der Waals surface area contributed by atoms with Crippen molar-refractivity contribution < 1.29 is 9.59 Å². The third-order valence-electron chi connectivity index (χ3n) is 3.84. The first-order valence-corrected chi connectivity index (χ1v) is 8.56. The van der Waals surface area contributed by atoms with Gasteiger partial charge in [0.05, 0.1) is 11.5 Å². The number of anilines is 2. The van der Waals surface area contributed by atoms with Gasteiger partial charge < -0.3 is 15.6 Å². The van der Waals surface area contributed by atoms with Crippen molar-refractivity contribution in [3.8, 4) is 0 Å². The summed E-state index contributed by atoms with van der Waals surface area (Å²) in [6, 6.07) is 7.32. The molecule has 0 unspecified atom stereocenters. The fourth-order valence-electron chi connectivity index (χ4n) is 2.60. The van der Waals surface area contributed by atoms with Crippen LogP contribution in [0.3, 0.4) is 0 Å². The number of aromatic amines is 1. The minimum absolute atomic E-state index is 0.0892. The smallest absolute Gasteiger partial charge is 0.257 e. The van der Waals surface area contributed by atoms with Gasteiger partial charge in [-0.15, -0.1) is 0 Å². The van der Waals surface area contributed by atoms with Crippen molar-refractivity contribution in [1.29, 1.82) is 0 Å². The molecule has 1 aromatic heterocycles. The lowest BCUT2D eigenvalue weighted by molar-refractivity contribution is -0.123. The molecule has 2 amide bonds. The summed E-state index contributed by atoms with van der Waals surface area (Å²) >= 11 is 1.25. The lowest BCUT2D eigenvalue weighted by Gasteiger charge is -2.23. The number of nitrogens with zero attached hydrogens (tertiary/aromatic N) is 1. The number of rotatable bonds is 3. The quantitative estimate of drug-likeness (QED) is 0.582. The molecule has 124 valence electrons. The highest BCUT2D eigenvalue weighted by atomic mass is 32.2. The molecule has 1 atom stereocenters. The van der Waals surface area contributed by atoms with E-state index in [1.165, 1.54) is 11.8 Å². The second kappa shape index (κ2) is 6.48. The van der Waals surface area contributed by atoms with E-state index in [-0.39, 0.29) is 23.7 Å². The number of carbonyl (C=O) groups is 2. The minimum Gasteiger partial charge on any atom is -0.325 e. The Kier molecular flexibility index (Phi) is 4.39. The number of aryl methyl sites for hydroxylation is 1. The first kappa shape index (κ1) is 16.3. The predicted molar refractivity (Wildman–Crippen MR) is 92.4 cm³/mol. The third-order valence-corrected chi connectivity index (χ3v) is 4.42. The number of hydrogen-bond acceptors (Lipinski definition) is 5. The molecule has 0 spiro atoms. The van der Waals surface area contributed by atoms with Gasteiger partial charge in [-0.05, 0) is 24.8 Å². The number of carbonyl (C=O) groups excluding carboxylic acids is 2. The summed E-state index contributed by atoms with van der Waals surface area (Å²) in [7, 11) is 0. The Labute approximate surface area is 142 Å². The molecule has 24 heavy (non-hydrogen) atoms. The van der Waals surface area contributed by atoms with Crippen LogP contribution in [0.5, 0.6) is 0 Å². The lowest BCUT2D eigenvalue weighted by Crippen LogP contribution is -2.36. The Bertz CT molecular complexity index is 878. The molecule has 2 heterocycles. The molecule has 0 saturated carbocycles. The maximum atomic E-state index is 12.7. The largest absolute Gasteiger partial charge is 0.325 e. The van der Waals surface area contributed by atoms with Gasteiger partial charge in [-0.25, -0.2) is 4.98 Å². The predicted octanol–water partition coefficient (Wildman–Crippen LogP) is 1.86. The summed E-state index contributed by atoms with van der Waals surface area (Å²) in [5.74, 6) is -1.45. The van der Waals surface area contributed by atoms with Crippen LogP contribution in [0, 0.1) is 6.92 Å². The Hall–Kier alpha value is -2.61. The molecule has 8 heteroatoms. The number of nitrogens with one attached hydrogen (secondary N) is 3. The zero-order chi connectivity index (χ0) is 17.3. The summed E-state index contributed by atoms with van der Waals surface area (Å²) < 4.78 is 0. The Morgan fingerprint density at radius 3 is 2.79 bits per heavy atom. The van der Waals surface area contributed by atoms with Crippen LogP contribution in [0.1, 0.15) is 23.5 Å². The lowest BCUT2D eigenvalue weighted by atomic mass is 9.92. The van der Waals surface area contributed by atoms with Gasteiger partial charge in [-0.2, -0.15) is 0 Å². The Morgan fingerprint density at radius 2 is 2.08 bits per heavy atom. The molecule has 1 aromatic carbocycles. The molecule has 0 bridgehead atoms. The first-order chi connectivity index (χ1) is 11.5. The molecule has 0 saturated heterocycles. The summed E-state index contributed by atoms with van der Waals surface area (Å²) in [6.07, 6.45) is 1.67. The maximum Gasteiger partial charge on any atom is 0.257 e. The van der Waals surface area contributed by atoms with Crippen LogP contribution in [0.25, 0.3) is 0 Å². The Balaban J connectivity index is 1.98. The average molecular weight is 344 g/mol. The monoisotopic (exact) mass is 344 g/mol. The molecular formula is C16H16N4O3S. The summed E-state index contributed by atoms with van der Waals surface area (Å²) in [5, 5.41) is 5.75. The van der Waals surface area contributed by atoms with E-state index < -0.39 is 17.4 Å². The van der Waals surface area contributed by atoms with Crippen LogP contribution in [0.15, 0.2) is 34.2 Å². The molecule has 0 aliphatic carbocycles. The van der Waals surface area contributed by atoms with E-state index >= 15 is 0 Å². The number of benzene rings is 1. The Morgan fingerprint density at radius 1 is 1.33 bits per heavy atom. The van der Waals surface area contributed by atoms with E-state index in [0.29, 0.717) is 10.8 Å². The molecule has 1 aliphatic heterocycles. The van der Waals surface area contributed by atoms with Gasteiger partial charge >= 0.3 is 0 Å². The number of H-pyrrole nitrogens is 1. The van der Waals surface area contributed by atoms with Crippen LogP contribution in [0.2, 0.25) is 0 Å². The van der Waals surface area contributed by atoms with Crippen LogP contribution in [-0.2, 0) is 9.59 Å². The number of thioether (sulfide) groups is 1. The third kappa shape index (κ3) is 3.05. The normalized spacial score (nSPS) is 16.2. The van der Waals surface area contributed by atoms with Crippen molar-refractivity contribution in [3.05, 3.63) is 45.7 Å². The second-order valence-corrected chi connectivity index (χ2v) is 6.24. The van der Waals surface area contributed by atoms with Gasteiger partial charge in [0.1, 0.15) is 5.82 Å². The topological polar surface area (TPSA) is 104 Å². The SMILES string of the molecule is CSc1nc2c(c(=O)[nH]1)[C@@H](C(=O)Nc1ccccc1C)CC(=O)N2. The minimum atomic E-state index is -0.875. The van der Waals surface area contributed by atoms with E-state index in [1.54, 1.807) is 12.3 Å². The molecular weight excluding hydrogens is 328 g/mol. The van der Waals surface area contributed by atoms with E-state index in [9.17, 15) is 14.4 Å². The molecule has 7 nitrogen and oxygen atoms in total. The molecule has 3 N–H and O–H groups in total. The van der Waals surface area contributed by atoms with Crippen molar-refractivity contribution in [1.82, 2.24) is 9.97 Å². The highest BCUT2D eigenvalue weighted by Gasteiger charge is 2.34. The van der Waals surface area contributed by atoms with Gasteiger partial charge in [0, 0.05) is 12.1 Å². The number of amides is 2. The zero-order valence-corrected chi connectivity index (χ0v) is 14.0. The van der Waals surface area contributed by atoms with Gasteiger partial charge in [0.15, 0.2) is 5.16 Å². The van der Waals surface area contributed by atoms with Crippen LogP contribution >= 0.6 is 11.8 Å². The van der Waals surface area contributed by atoms with Crippen molar-refractivity contribution in [2.45, 2.75) is 24.4 Å². The second-order valence-electron chi connectivity index (χ2n) is 5.45. The van der Waals surface area contributed by atoms with E-state index in [2.05, 4.69) is 20.6 Å². The van der Waals surface area contributed by atoms with Gasteiger partial charge in [0.25, 0.3) is 5.56 Å². The van der Waals surface area contributed by atoms with Gasteiger partial charge in [0.2, 0.25) is 11.8 Å². The summed E-state index contributed by atoms with van der Waals surface area (Å²) in [6.45, 7) is 1.87. The van der Waals surface area contributed by atoms with Crippen molar-refractivity contribution >= 4 is 35.1 Å². The van der Waals surface area contributed by atoms with E-state index in [4.69, 9.17) is 0 Å². The van der Waals surface area contributed by atoms with Crippen molar-refractivity contribution in [2.24, 2.45) is 0 Å². The van der Waals surface area contributed by atoms with E-state index in [0.717, 1.165) is 5.56 Å². The molecule has 3 rings (SSSR count). The summed E-state index contributed by atoms with van der Waals surface area (Å²) in [4.78, 5) is 43.7. The van der Waals surface area contributed by atoms with Gasteiger partial charge in [-0.3, -0.25) is 14.4 Å². The fourth-order valence-corrected chi connectivity index (χ4v) is 2.98. The first-order valence-electron chi connectivity index (χ1n) is 7.34. The van der Waals surface area contributed by atoms with Crippen LogP contribution in [-0.4, -0.2) is 28.0 Å².